The van der Waals surface area contributed by atoms with E-state index in [-0.39, 0.29) is 23.3 Å². The van der Waals surface area contributed by atoms with Crippen LogP contribution >= 0.6 is 0 Å². The van der Waals surface area contributed by atoms with Crippen molar-refractivity contribution in [3.63, 3.8) is 0 Å². The van der Waals surface area contributed by atoms with Crippen molar-refractivity contribution in [3.05, 3.63) is 0 Å². The van der Waals surface area contributed by atoms with Crippen molar-refractivity contribution in [3.8, 4) is 0 Å². The largest absolute Gasteiger partial charge is 0.381 e. The van der Waals surface area contributed by atoms with E-state index in [9.17, 15) is 9.59 Å². The van der Waals surface area contributed by atoms with Crippen molar-refractivity contribution in [1.82, 2.24) is 10.2 Å². The molecule has 5 heteroatoms. The molecule has 102 valence electrons. The van der Waals surface area contributed by atoms with E-state index in [4.69, 9.17) is 4.74 Å². The summed E-state index contributed by atoms with van der Waals surface area (Å²) in [5, 5.41) is 2.70. The molecule has 2 aliphatic heterocycles. The first-order chi connectivity index (χ1) is 8.43. The fourth-order valence-electron chi connectivity index (χ4n) is 2.63. The Morgan fingerprint density at radius 2 is 1.94 bits per heavy atom. The lowest BCUT2D eigenvalue weighted by atomic mass is 9.81. The Labute approximate surface area is 108 Å². The lowest BCUT2D eigenvalue weighted by Gasteiger charge is -2.43. The van der Waals surface area contributed by atoms with Crippen LogP contribution in [0.4, 0.5) is 0 Å². The number of hydrogen-bond acceptors (Lipinski definition) is 3. The highest BCUT2D eigenvalue weighted by molar-refractivity contribution is 5.96. The number of nitrogens with one attached hydrogen (secondary N) is 1. The third kappa shape index (κ3) is 2.51. The highest BCUT2D eigenvalue weighted by Crippen LogP contribution is 2.32. The predicted molar refractivity (Wildman–Crippen MR) is 66.9 cm³/mol. The Hall–Kier alpha value is -1.10. The van der Waals surface area contributed by atoms with Crippen molar-refractivity contribution < 1.29 is 14.3 Å². The van der Waals surface area contributed by atoms with E-state index in [1.54, 1.807) is 18.7 Å². The summed E-state index contributed by atoms with van der Waals surface area (Å²) in [6.07, 6.45) is 1.89. The molecule has 1 N–H and O–H groups in total. The van der Waals surface area contributed by atoms with Crippen LogP contribution in [0.5, 0.6) is 0 Å². The molecular formula is C13H22N2O3. The van der Waals surface area contributed by atoms with Gasteiger partial charge in [-0.1, -0.05) is 6.92 Å². The lowest BCUT2D eigenvalue weighted by Crippen LogP contribution is -2.63. The van der Waals surface area contributed by atoms with E-state index in [0.29, 0.717) is 6.54 Å². The molecule has 0 aliphatic carbocycles. The van der Waals surface area contributed by atoms with Gasteiger partial charge in [-0.3, -0.25) is 9.59 Å². The van der Waals surface area contributed by atoms with Crippen LogP contribution in [0.3, 0.4) is 0 Å². The maximum atomic E-state index is 12.2. The fraction of sp³-hybridized carbons (Fsp3) is 0.846. The molecule has 0 radical (unpaired) electrons. The molecule has 2 amide bonds. The average molecular weight is 254 g/mol. The Balaban J connectivity index is 2.10. The smallest absolute Gasteiger partial charge is 0.245 e. The number of hydrogen-bond donors (Lipinski definition) is 1. The van der Waals surface area contributed by atoms with Gasteiger partial charge in [0.05, 0.1) is 0 Å². The summed E-state index contributed by atoms with van der Waals surface area (Å²) in [5.41, 5.74) is 0.0690. The number of carbonyl (C=O) groups excluding carboxylic acids is 2. The van der Waals surface area contributed by atoms with E-state index in [1.807, 2.05) is 0 Å². The predicted octanol–water partition coefficient (Wildman–Crippen LogP) is 0.538. The van der Waals surface area contributed by atoms with Gasteiger partial charge < -0.3 is 15.0 Å². The van der Waals surface area contributed by atoms with E-state index in [0.717, 1.165) is 26.1 Å². The van der Waals surface area contributed by atoms with Gasteiger partial charge in [0.1, 0.15) is 12.1 Å². The molecule has 2 atom stereocenters. The van der Waals surface area contributed by atoms with Crippen molar-refractivity contribution in [2.24, 2.45) is 5.41 Å². The second-order valence-corrected chi connectivity index (χ2v) is 5.80. The fourth-order valence-corrected chi connectivity index (χ4v) is 2.63. The molecule has 2 fully saturated rings. The highest BCUT2D eigenvalue weighted by Gasteiger charge is 2.40. The SMILES string of the molecule is CC1NC(=O)C(C)N(CC2(C)CCOCC2)C1=O. The number of rotatable bonds is 2. The number of carbonyl (C=O) groups is 2. The maximum absolute atomic E-state index is 12.2. The summed E-state index contributed by atoms with van der Waals surface area (Å²) in [7, 11) is 0. The van der Waals surface area contributed by atoms with E-state index in [2.05, 4.69) is 12.2 Å². The minimum absolute atomic E-state index is 0.0230. The third-order valence-electron chi connectivity index (χ3n) is 4.11. The van der Waals surface area contributed by atoms with E-state index >= 15 is 0 Å². The van der Waals surface area contributed by atoms with Gasteiger partial charge in [-0.05, 0) is 32.1 Å². The Morgan fingerprint density at radius 1 is 1.33 bits per heavy atom. The number of amides is 2. The van der Waals surface area contributed by atoms with Gasteiger partial charge in [-0.25, -0.2) is 0 Å². The van der Waals surface area contributed by atoms with Crippen molar-refractivity contribution in [1.29, 1.82) is 0 Å². The van der Waals surface area contributed by atoms with Crippen LogP contribution in [0.25, 0.3) is 0 Å². The zero-order chi connectivity index (χ0) is 13.3. The number of ether oxygens (including phenoxy) is 1. The molecular weight excluding hydrogens is 232 g/mol. The molecule has 0 aromatic heterocycles. The summed E-state index contributed by atoms with van der Waals surface area (Å²) >= 11 is 0. The van der Waals surface area contributed by atoms with E-state index < -0.39 is 6.04 Å². The van der Waals surface area contributed by atoms with Crippen molar-refractivity contribution >= 4 is 11.8 Å². The van der Waals surface area contributed by atoms with Gasteiger partial charge in [-0.2, -0.15) is 0 Å². The molecule has 18 heavy (non-hydrogen) atoms. The quantitative estimate of drug-likeness (QED) is 0.782. The molecule has 5 nitrogen and oxygen atoms in total. The standard InChI is InChI=1S/C13H22N2O3/c1-9-12(17)15(10(2)11(16)14-9)8-13(3)4-6-18-7-5-13/h9-10H,4-8H2,1-3H3,(H,14,16). The molecule has 2 rings (SSSR count). The summed E-state index contributed by atoms with van der Waals surface area (Å²) in [6.45, 7) is 7.84. The molecule has 0 aromatic carbocycles. The minimum Gasteiger partial charge on any atom is -0.381 e. The van der Waals surface area contributed by atoms with Gasteiger partial charge in [0.25, 0.3) is 0 Å². The molecule has 2 unspecified atom stereocenters. The van der Waals surface area contributed by atoms with Crippen LogP contribution in [0.15, 0.2) is 0 Å². The molecule has 2 saturated heterocycles. The molecule has 0 aromatic rings. The molecule has 2 heterocycles. The third-order valence-corrected chi connectivity index (χ3v) is 4.11. The first-order valence-electron chi connectivity index (χ1n) is 6.62. The topological polar surface area (TPSA) is 58.6 Å². The van der Waals surface area contributed by atoms with Crippen LogP contribution in [-0.4, -0.2) is 48.6 Å². The van der Waals surface area contributed by atoms with Gasteiger partial charge in [-0.15, -0.1) is 0 Å². The Bertz CT molecular complexity index is 350. The van der Waals surface area contributed by atoms with Crippen molar-refractivity contribution in [2.75, 3.05) is 19.8 Å². The molecule has 0 spiro atoms. The van der Waals surface area contributed by atoms with Gasteiger partial charge in [0.15, 0.2) is 0 Å². The second-order valence-electron chi connectivity index (χ2n) is 5.80. The zero-order valence-electron chi connectivity index (χ0n) is 11.4. The van der Waals surface area contributed by atoms with Crippen LogP contribution in [0, 0.1) is 5.41 Å². The Morgan fingerprint density at radius 3 is 2.56 bits per heavy atom. The van der Waals surface area contributed by atoms with E-state index in [1.165, 1.54) is 0 Å². The minimum atomic E-state index is -0.405. The van der Waals surface area contributed by atoms with Crippen LogP contribution in [0.2, 0.25) is 0 Å². The lowest BCUT2D eigenvalue weighted by molar-refractivity contribution is -0.150. The first-order valence-corrected chi connectivity index (χ1v) is 6.62. The monoisotopic (exact) mass is 254 g/mol. The van der Waals surface area contributed by atoms with Gasteiger partial charge in [0.2, 0.25) is 11.8 Å². The molecule has 2 aliphatic rings. The van der Waals surface area contributed by atoms with Crippen molar-refractivity contribution in [2.45, 2.75) is 45.7 Å². The molecule has 0 bridgehead atoms. The Kier molecular flexibility index (Phi) is 3.61. The molecule has 0 saturated carbocycles. The van der Waals surface area contributed by atoms with Gasteiger partial charge in [0, 0.05) is 19.8 Å². The average Bonchev–Trinajstić information content (AvgIpc) is 2.33. The summed E-state index contributed by atoms with van der Waals surface area (Å²) < 4.78 is 5.37. The summed E-state index contributed by atoms with van der Waals surface area (Å²) in [6, 6.07) is -0.773. The van der Waals surface area contributed by atoms with Crippen LogP contribution < -0.4 is 5.32 Å². The van der Waals surface area contributed by atoms with Crippen LogP contribution in [-0.2, 0) is 14.3 Å². The number of piperazine rings is 1. The maximum Gasteiger partial charge on any atom is 0.245 e. The van der Waals surface area contributed by atoms with Crippen LogP contribution in [0.1, 0.15) is 33.6 Å². The summed E-state index contributed by atoms with van der Waals surface area (Å²) in [4.78, 5) is 25.7. The normalized spacial score (nSPS) is 32.3. The highest BCUT2D eigenvalue weighted by atomic mass is 16.5. The first kappa shape index (κ1) is 13.3. The summed E-state index contributed by atoms with van der Waals surface area (Å²) in [5.74, 6) is -0.0347. The zero-order valence-corrected chi connectivity index (χ0v) is 11.4. The second kappa shape index (κ2) is 4.88. The number of nitrogens with zero attached hydrogens (tertiary/aromatic N) is 1. The van der Waals surface area contributed by atoms with Gasteiger partial charge >= 0.3 is 0 Å².